The Balaban J connectivity index is 1.71. The minimum absolute atomic E-state index is 0.0468. The number of rotatable bonds is 4. The van der Waals surface area contributed by atoms with Crippen molar-refractivity contribution in [1.29, 1.82) is 0 Å². The first-order chi connectivity index (χ1) is 16.0. The number of Topliss-reactive ketones (excluding diaryl/α,β-unsaturated/α-hetero) is 1. The molecule has 166 valence electrons. The summed E-state index contributed by atoms with van der Waals surface area (Å²) >= 11 is 9.64. The van der Waals surface area contributed by atoms with Crippen molar-refractivity contribution in [3.05, 3.63) is 104 Å². The summed E-state index contributed by atoms with van der Waals surface area (Å²) in [5, 5.41) is 1.36. The summed E-state index contributed by atoms with van der Waals surface area (Å²) in [6, 6.07) is 21.4. The zero-order valence-electron chi connectivity index (χ0n) is 18.0. The lowest BCUT2D eigenvalue weighted by Crippen LogP contribution is -2.21. The Morgan fingerprint density at radius 1 is 1.09 bits per heavy atom. The lowest BCUT2D eigenvalue weighted by molar-refractivity contribution is 0.0603. The number of ether oxygens (including phenoxy) is 1. The molecule has 4 aromatic rings. The monoisotopic (exact) mass is 521 g/mol. The average molecular weight is 523 g/mol. The van der Waals surface area contributed by atoms with Crippen LogP contribution in [0.5, 0.6) is 0 Å². The van der Waals surface area contributed by atoms with Crippen LogP contribution in [0.1, 0.15) is 49.9 Å². The number of methoxy groups -OCH3 is 1. The zero-order valence-corrected chi connectivity index (χ0v) is 20.3. The van der Waals surface area contributed by atoms with E-state index >= 15 is 0 Å². The van der Waals surface area contributed by atoms with Crippen LogP contribution in [0.15, 0.2) is 71.2 Å². The van der Waals surface area contributed by atoms with Gasteiger partial charge in [0.2, 0.25) is 0 Å². The maximum absolute atomic E-state index is 13.5. The molecule has 0 amide bonds. The Morgan fingerprint density at radius 2 is 1.85 bits per heavy atom. The van der Waals surface area contributed by atoms with Gasteiger partial charge in [0.25, 0.3) is 0 Å². The second kappa shape index (κ2) is 8.81. The summed E-state index contributed by atoms with van der Waals surface area (Å²) in [6.45, 7) is 0.594. The van der Waals surface area contributed by atoms with Gasteiger partial charge in [-0.2, -0.15) is 0 Å². The van der Waals surface area contributed by atoms with E-state index in [0.717, 1.165) is 26.8 Å². The third-order valence-electron chi connectivity index (χ3n) is 6.32. The van der Waals surface area contributed by atoms with Gasteiger partial charge in [-0.05, 0) is 59.9 Å². The number of aromatic nitrogens is 1. The molecule has 0 fully saturated rings. The molecule has 1 aliphatic carbocycles. The van der Waals surface area contributed by atoms with Gasteiger partial charge in [0.15, 0.2) is 5.78 Å². The summed E-state index contributed by atoms with van der Waals surface area (Å²) < 4.78 is 8.21. The minimum Gasteiger partial charge on any atom is -0.465 e. The highest BCUT2D eigenvalue weighted by atomic mass is 79.9. The van der Waals surface area contributed by atoms with Gasteiger partial charge in [-0.15, -0.1) is 0 Å². The maximum atomic E-state index is 13.5. The molecule has 33 heavy (non-hydrogen) atoms. The van der Waals surface area contributed by atoms with Crippen molar-refractivity contribution in [2.75, 3.05) is 7.11 Å². The van der Waals surface area contributed by atoms with Crippen LogP contribution in [-0.2, 0) is 17.7 Å². The van der Waals surface area contributed by atoms with Crippen molar-refractivity contribution in [1.82, 2.24) is 4.57 Å². The van der Waals surface area contributed by atoms with Gasteiger partial charge in [-0.25, -0.2) is 4.79 Å². The highest BCUT2D eigenvalue weighted by molar-refractivity contribution is 9.10. The molecule has 3 aromatic carbocycles. The van der Waals surface area contributed by atoms with Gasteiger partial charge in [0.05, 0.1) is 18.2 Å². The van der Waals surface area contributed by atoms with Gasteiger partial charge in [0.1, 0.15) is 0 Å². The van der Waals surface area contributed by atoms with Crippen molar-refractivity contribution in [3.63, 3.8) is 0 Å². The molecule has 0 spiro atoms. The normalized spacial score (nSPS) is 15.5. The zero-order chi connectivity index (χ0) is 23.1. The molecule has 1 aliphatic rings. The van der Waals surface area contributed by atoms with Crippen LogP contribution in [0.25, 0.3) is 10.9 Å². The second-order valence-corrected chi connectivity index (χ2v) is 9.66. The fraction of sp³-hybridized carbons (Fsp3) is 0.185. The van der Waals surface area contributed by atoms with E-state index in [1.165, 1.54) is 7.11 Å². The predicted molar refractivity (Wildman–Crippen MR) is 133 cm³/mol. The van der Waals surface area contributed by atoms with E-state index in [4.69, 9.17) is 16.3 Å². The highest BCUT2D eigenvalue weighted by Gasteiger charge is 2.33. The topological polar surface area (TPSA) is 48.3 Å². The smallest absolute Gasteiger partial charge is 0.338 e. The molecule has 1 unspecified atom stereocenters. The first kappa shape index (κ1) is 21.9. The van der Waals surface area contributed by atoms with Gasteiger partial charge in [-0.1, -0.05) is 57.9 Å². The lowest BCUT2D eigenvalue weighted by Gasteiger charge is -2.24. The van der Waals surface area contributed by atoms with E-state index < -0.39 is 5.97 Å². The number of carbonyl (C=O) groups is 2. The van der Waals surface area contributed by atoms with E-state index in [-0.39, 0.29) is 11.7 Å². The van der Waals surface area contributed by atoms with Gasteiger partial charge in [0, 0.05) is 39.1 Å². The van der Waals surface area contributed by atoms with Gasteiger partial charge < -0.3 is 9.30 Å². The van der Waals surface area contributed by atoms with Gasteiger partial charge >= 0.3 is 5.97 Å². The Kier molecular flexibility index (Phi) is 5.85. The number of ketones is 1. The first-order valence-corrected chi connectivity index (χ1v) is 11.9. The third kappa shape index (κ3) is 4.00. The largest absolute Gasteiger partial charge is 0.465 e. The third-order valence-corrected chi connectivity index (χ3v) is 7.07. The average Bonchev–Trinajstić information content (AvgIpc) is 3.13. The van der Waals surface area contributed by atoms with E-state index in [1.807, 2.05) is 48.5 Å². The Morgan fingerprint density at radius 3 is 2.58 bits per heavy atom. The molecular formula is C27H21BrClNO3. The molecule has 0 saturated carbocycles. The molecule has 1 atom stereocenters. The molecule has 0 bridgehead atoms. The van der Waals surface area contributed by atoms with Crippen LogP contribution in [0.2, 0.25) is 5.02 Å². The summed E-state index contributed by atoms with van der Waals surface area (Å²) in [5.41, 5.74) is 5.09. The lowest BCUT2D eigenvalue weighted by atomic mass is 9.81. The summed E-state index contributed by atoms with van der Waals surface area (Å²) in [5.74, 6) is -0.337. The van der Waals surface area contributed by atoms with Crippen LogP contribution in [0.3, 0.4) is 0 Å². The summed E-state index contributed by atoms with van der Waals surface area (Å²) in [7, 11) is 1.37. The number of esters is 1. The molecule has 1 aromatic heterocycles. The Bertz CT molecular complexity index is 1390. The number of carbonyl (C=O) groups excluding carboxylic acids is 2. The molecule has 0 N–H and O–H groups in total. The van der Waals surface area contributed by atoms with Crippen molar-refractivity contribution in [2.45, 2.75) is 25.3 Å². The van der Waals surface area contributed by atoms with E-state index in [1.54, 1.807) is 6.07 Å². The molecule has 5 rings (SSSR count). The number of hydrogen-bond donors (Lipinski definition) is 0. The van der Waals surface area contributed by atoms with E-state index in [9.17, 15) is 9.59 Å². The van der Waals surface area contributed by atoms with Crippen molar-refractivity contribution >= 4 is 50.2 Å². The summed E-state index contributed by atoms with van der Waals surface area (Å²) in [6.07, 6.45) is 1.09. The first-order valence-electron chi connectivity index (χ1n) is 10.7. The van der Waals surface area contributed by atoms with Crippen molar-refractivity contribution in [2.24, 2.45) is 0 Å². The second-order valence-electron chi connectivity index (χ2n) is 8.31. The van der Waals surface area contributed by atoms with E-state index in [2.05, 4.69) is 32.6 Å². The Labute approximate surface area is 205 Å². The molecule has 1 heterocycles. The fourth-order valence-electron chi connectivity index (χ4n) is 4.85. The summed E-state index contributed by atoms with van der Waals surface area (Å²) in [4.78, 5) is 26.1. The van der Waals surface area contributed by atoms with Crippen LogP contribution < -0.4 is 0 Å². The highest BCUT2D eigenvalue weighted by Crippen LogP contribution is 2.40. The standard InChI is InChI=1S/C27H21BrClNO3/c1-33-27(32)21-6-3-7-22-25(21)26-23(30(22)15-16-4-2-5-19(28)12-16)13-18(14-24(26)31)17-8-10-20(29)11-9-17/h2-12,18H,13-15H2,1H3. The van der Waals surface area contributed by atoms with Gasteiger partial charge in [-0.3, -0.25) is 4.79 Å². The predicted octanol–water partition coefficient (Wildman–Crippen LogP) is 6.80. The minimum atomic E-state index is -0.435. The molecular weight excluding hydrogens is 502 g/mol. The molecule has 0 saturated heterocycles. The molecule has 4 nitrogen and oxygen atoms in total. The van der Waals surface area contributed by atoms with Crippen LogP contribution >= 0.6 is 27.5 Å². The molecule has 0 aliphatic heterocycles. The molecule has 0 radical (unpaired) electrons. The van der Waals surface area contributed by atoms with Crippen LogP contribution in [-0.4, -0.2) is 23.4 Å². The SMILES string of the molecule is COC(=O)c1cccc2c1c1c(n2Cc2cccc(Br)c2)CC(c2ccc(Cl)cc2)CC1=O. The number of hydrogen-bond acceptors (Lipinski definition) is 3. The maximum Gasteiger partial charge on any atom is 0.338 e. The van der Waals surface area contributed by atoms with Crippen molar-refractivity contribution in [3.8, 4) is 0 Å². The fourth-order valence-corrected chi connectivity index (χ4v) is 5.42. The number of benzene rings is 3. The van der Waals surface area contributed by atoms with E-state index in [0.29, 0.717) is 40.9 Å². The number of halogens is 2. The van der Waals surface area contributed by atoms with Crippen LogP contribution in [0.4, 0.5) is 0 Å². The van der Waals surface area contributed by atoms with Crippen molar-refractivity contribution < 1.29 is 14.3 Å². The number of fused-ring (bicyclic) bond motifs is 3. The van der Waals surface area contributed by atoms with Crippen LogP contribution in [0, 0.1) is 0 Å². The molecule has 6 heteroatoms. The quantitative estimate of drug-likeness (QED) is 0.277. The Hall–Kier alpha value is -2.89. The number of nitrogens with zero attached hydrogens (tertiary/aromatic N) is 1.